The Morgan fingerprint density at radius 3 is 2.82 bits per heavy atom. The number of nitrogens with zero attached hydrogens (tertiary/aromatic N) is 3. The highest BCUT2D eigenvalue weighted by Gasteiger charge is 2.31. The molecule has 124 valence electrons. The fourth-order valence-electron chi connectivity index (χ4n) is 2.79. The Bertz CT molecular complexity index is 525. The first-order chi connectivity index (χ1) is 10.4. The summed E-state index contributed by atoms with van der Waals surface area (Å²) in [5.74, 6) is 1.14. The van der Waals surface area contributed by atoms with E-state index in [1.54, 1.807) is 18.8 Å². The van der Waals surface area contributed by atoms with Gasteiger partial charge in [-0.05, 0) is 25.7 Å². The predicted molar refractivity (Wildman–Crippen MR) is 84.2 cm³/mol. The molecule has 6 heteroatoms. The Labute approximate surface area is 132 Å². The molecule has 1 aliphatic rings. The Hall–Kier alpha value is -1.56. The van der Waals surface area contributed by atoms with E-state index >= 15 is 0 Å². The van der Waals surface area contributed by atoms with Gasteiger partial charge >= 0.3 is 0 Å². The molecule has 0 unspecified atom stereocenters. The van der Waals surface area contributed by atoms with Gasteiger partial charge in [0.2, 0.25) is 5.88 Å². The van der Waals surface area contributed by atoms with E-state index in [-0.39, 0.29) is 12.0 Å². The number of carbonyl (C=O) groups is 1. The summed E-state index contributed by atoms with van der Waals surface area (Å²) >= 11 is 0. The topological polar surface area (TPSA) is 56.6 Å². The van der Waals surface area contributed by atoms with Crippen molar-refractivity contribution in [3.05, 3.63) is 11.3 Å². The van der Waals surface area contributed by atoms with Gasteiger partial charge in [0, 0.05) is 26.7 Å². The van der Waals surface area contributed by atoms with Crippen molar-refractivity contribution in [2.75, 3.05) is 26.8 Å². The van der Waals surface area contributed by atoms with Gasteiger partial charge in [0.05, 0.1) is 18.9 Å². The smallest absolute Gasteiger partial charge is 0.261 e. The van der Waals surface area contributed by atoms with Crippen LogP contribution in [0.15, 0.2) is 0 Å². The number of ether oxygens (including phenoxy) is 2. The second kappa shape index (κ2) is 7.13. The largest absolute Gasteiger partial charge is 0.481 e. The van der Waals surface area contributed by atoms with Crippen LogP contribution in [0, 0.1) is 12.8 Å². The first-order valence-corrected chi connectivity index (χ1v) is 7.92. The van der Waals surface area contributed by atoms with Crippen molar-refractivity contribution >= 4 is 5.91 Å². The van der Waals surface area contributed by atoms with Gasteiger partial charge in [0.25, 0.3) is 5.91 Å². The van der Waals surface area contributed by atoms with E-state index in [1.807, 2.05) is 11.8 Å². The van der Waals surface area contributed by atoms with Crippen LogP contribution in [0.1, 0.15) is 42.7 Å². The Morgan fingerprint density at radius 1 is 1.45 bits per heavy atom. The van der Waals surface area contributed by atoms with Crippen LogP contribution in [-0.4, -0.2) is 53.5 Å². The summed E-state index contributed by atoms with van der Waals surface area (Å²) in [6.07, 6.45) is 2.09. The fourth-order valence-corrected chi connectivity index (χ4v) is 2.79. The summed E-state index contributed by atoms with van der Waals surface area (Å²) in [6, 6.07) is 0. The summed E-state index contributed by atoms with van der Waals surface area (Å²) in [7, 11) is 3.35. The second-order valence-electron chi connectivity index (χ2n) is 6.31. The quantitative estimate of drug-likeness (QED) is 0.806. The Morgan fingerprint density at radius 2 is 2.18 bits per heavy atom. The van der Waals surface area contributed by atoms with E-state index in [1.165, 1.54) is 0 Å². The molecule has 0 aliphatic carbocycles. The molecule has 1 aliphatic heterocycles. The summed E-state index contributed by atoms with van der Waals surface area (Å²) < 4.78 is 12.8. The first kappa shape index (κ1) is 16.8. The van der Waals surface area contributed by atoms with Crippen molar-refractivity contribution in [2.24, 2.45) is 13.0 Å². The second-order valence-corrected chi connectivity index (χ2v) is 6.31. The van der Waals surface area contributed by atoms with E-state index in [0.29, 0.717) is 29.6 Å². The fraction of sp³-hybridized carbons (Fsp3) is 0.750. The average molecular weight is 309 g/mol. The summed E-state index contributed by atoms with van der Waals surface area (Å²) in [4.78, 5) is 14.6. The Balaban J connectivity index is 1.97. The lowest BCUT2D eigenvalue weighted by Crippen LogP contribution is -2.30. The molecule has 1 aromatic heterocycles. The number of amides is 1. The van der Waals surface area contributed by atoms with E-state index in [4.69, 9.17) is 9.47 Å². The molecule has 2 rings (SSSR count). The first-order valence-electron chi connectivity index (χ1n) is 7.92. The molecule has 1 saturated heterocycles. The SMILES string of the molecule is COc1c(C(=O)N2CC[C@H](OCCC(C)C)C2)c(C)nn1C. The van der Waals surface area contributed by atoms with Crippen molar-refractivity contribution in [3.63, 3.8) is 0 Å². The zero-order valence-corrected chi connectivity index (χ0v) is 14.3. The maximum Gasteiger partial charge on any atom is 0.261 e. The number of hydrogen-bond donors (Lipinski definition) is 0. The van der Waals surface area contributed by atoms with Crippen molar-refractivity contribution in [2.45, 2.75) is 39.7 Å². The minimum Gasteiger partial charge on any atom is -0.481 e. The zero-order valence-electron chi connectivity index (χ0n) is 14.3. The van der Waals surface area contributed by atoms with Crippen molar-refractivity contribution in [1.82, 2.24) is 14.7 Å². The zero-order chi connectivity index (χ0) is 16.3. The van der Waals surface area contributed by atoms with E-state index < -0.39 is 0 Å². The molecule has 22 heavy (non-hydrogen) atoms. The highest BCUT2D eigenvalue weighted by Crippen LogP contribution is 2.25. The summed E-state index contributed by atoms with van der Waals surface area (Å²) in [5, 5.41) is 4.28. The molecule has 1 amide bonds. The molecule has 2 heterocycles. The van der Waals surface area contributed by atoms with Crippen LogP contribution in [0.4, 0.5) is 0 Å². The van der Waals surface area contributed by atoms with Gasteiger partial charge in [-0.2, -0.15) is 5.10 Å². The number of likely N-dealkylation sites (tertiary alicyclic amines) is 1. The number of carbonyl (C=O) groups excluding carboxylic acids is 1. The third-order valence-electron chi connectivity index (χ3n) is 4.06. The predicted octanol–water partition coefficient (Wildman–Crippen LogP) is 2.01. The van der Waals surface area contributed by atoms with E-state index in [0.717, 1.165) is 26.0 Å². The monoisotopic (exact) mass is 309 g/mol. The number of hydrogen-bond acceptors (Lipinski definition) is 4. The molecular weight excluding hydrogens is 282 g/mol. The molecule has 1 fully saturated rings. The van der Waals surface area contributed by atoms with Gasteiger partial charge in [0.15, 0.2) is 0 Å². The van der Waals surface area contributed by atoms with Crippen LogP contribution in [0.2, 0.25) is 0 Å². The van der Waals surface area contributed by atoms with Crippen LogP contribution in [-0.2, 0) is 11.8 Å². The molecule has 1 aromatic rings. The average Bonchev–Trinajstić information content (AvgIpc) is 3.02. The lowest BCUT2D eigenvalue weighted by atomic mass is 10.1. The number of rotatable bonds is 6. The molecule has 0 bridgehead atoms. The van der Waals surface area contributed by atoms with Crippen LogP contribution in [0.25, 0.3) is 0 Å². The Kier molecular flexibility index (Phi) is 5.45. The van der Waals surface area contributed by atoms with Gasteiger partial charge in [-0.3, -0.25) is 4.79 Å². The van der Waals surface area contributed by atoms with Gasteiger partial charge < -0.3 is 14.4 Å². The van der Waals surface area contributed by atoms with Crippen LogP contribution in [0.3, 0.4) is 0 Å². The molecule has 0 radical (unpaired) electrons. The van der Waals surface area contributed by atoms with Gasteiger partial charge in [-0.1, -0.05) is 13.8 Å². The van der Waals surface area contributed by atoms with E-state index in [9.17, 15) is 4.79 Å². The number of methoxy groups -OCH3 is 1. The van der Waals surface area contributed by atoms with E-state index in [2.05, 4.69) is 18.9 Å². The molecule has 0 spiro atoms. The van der Waals surface area contributed by atoms with Crippen LogP contribution in [0.5, 0.6) is 5.88 Å². The molecule has 1 atom stereocenters. The van der Waals surface area contributed by atoms with Gasteiger partial charge in [0.1, 0.15) is 5.56 Å². The van der Waals surface area contributed by atoms with Crippen LogP contribution >= 0.6 is 0 Å². The maximum absolute atomic E-state index is 12.7. The molecule has 0 N–H and O–H groups in total. The minimum absolute atomic E-state index is 0.0163. The normalized spacial score (nSPS) is 18.3. The summed E-state index contributed by atoms with van der Waals surface area (Å²) in [5.41, 5.74) is 1.27. The van der Waals surface area contributed by atoms with Crippen molar-refractivity contribution in [3.8, 4) is 5.88 Å². The molecule has 0 saturated carbocycles. The molecule has 0 aromatic carbocycles. The standard InChI is InChI=1S/C16H27N3O3/c1-11(2)7-9-22-13-6-8-19(10-13)15(20)14-12(3)17-18(4)16(14)21-5/h11,13H,6-10H2,1-5H3/t13-/m0/s1. The molecule has 6 nitrogen and oxygen atoms in total. The summed E-state index contributed by atoms with van der Waals surface area (Å²) in [6.45, 7) is 8.34. The lowest BCUT2D eigenvalue weighted by Gasteiger charge is -2.17. The highest BCUT2D eigenvalue weighted by molar-refractivity contribution is 5.97. The number of aromatic nitrogens is 2. The van der Waals surface area contributed by atoms with Gasteiger partial charge in [-0.25, -0.2) is 4.68 Å². The third kappa shape index (κ3) is 3.61. The number of aryl methyl sites for hydroxylation is 2. The van der Waals surface area contributed by atoms with Gasteiger partial charge in [-0.15, -0.1) is 0 Å². The van der Waals surface area contributed by atoms with Crippen molar-refractivity contribution < 1.29 is 14.3 Å². The lowest BCUT2D eigenvalue weighted by molar-refractivity contribution is 0.0483. The molecular formula is C16H27N3O3. The third-order valence-corrected chi connectivity index (χ3v) is 4.06. The highest BCUT2D eigenvalue weighted by atomic mass is 16.5. The minimum atomic E-state index is -0.0163. The van der Waals surface area contributed by atoms with Crippen LogP contribution < -0.4 is 4.74 Å². The maximum atomic E-state index is 12.7. The van der Waals surface area contributed by atoms with Crippen molar-refractivity contribution in [1.29, 1.82) is 0 Å².